The Morgan fingerprint density at radius 2 is 1.09 bits per heavy atom. The van der Waals surface area contributed by atoms with Crippen LogP contribution in [0.1, 0.15) is 42.1 Å². The molecular weight excluding hydrogens is 651 g/mol. The largest absolute Gasteiger partial charge is 0.333 e. The fraction of sp³-hybridized carbons (Fsp3) is 0.0943. The van der Waals surface area contributed by atoms with E-state index in [1.807, 2.05) is 0 Å². The zero-order valence-corrected chi connectivity index (χ0v) is 30.6. The lowest BCUT2D eigenvalue weighted by Crippen LogP contribution is -2.19. The van der Waals surface area contributed by atoms with Crippen molar-refractivity contribution < 1.29 is 0 Å². The Hall–Kier alpha value is -6.44. The van der Waals surface area contributed by atoms with Gasteiger partial charge < -0.3 is 4.90 Å². The van der Waals surface area contributed by atoms with E-state index in [0.717, 1.165) is 6.42 Å². The van der Waals surface area contributed by atoms with E-state index >= 15 is 0 Å². The van der Waals surface area contributed by atoms with Crippen LogP contribution >= 0.6 is 0 Å². The minimum atomic E-state index is -0.0995. The highest BCUT2D eigenvalue weighted by Crippen LogP contribution is 2.53. The van der Waals surface area contributed by atoms with Gasteiger partial charge in [-0.2, -0.15) is 0 Å². The first-order chi connectivity index (χ1) is 26.5. The maximum atomic E-state index is 2.53. The first kappa shape index (κ1) is 31.1. The molecule has 1 nitrogen and oxygen atoms in total. The number of anilines is 2. The van der Waals surface area contributed by atoms with E-state index in [-0.39, 0.29) is 11.5 Å². The van der Waals surface area contributed by atoms with Crippen LogP contribution in [0.15, 0.2) is 182 Å². The van der Waals surface area contributed by atoms with E-state index in [0.29, 0.717) is 0 Å². The van der Waals surface area contributed by atoms with Crippen molar-refractivity contribution in [2.24, 2.45) is 0 Å². The van der Waals surface area contributed by atoms with Crippen LogP contribution in [0.25, 0.3) is 65.7 Å². The third-order valence-corrected chi connectivity index (χ3v) is 12.4. The fourth-order valence-electron chi connectivity index (χ4n) is 9.77. The van der Waals surface area contributed by atoms with Crippen LogP contribution in [0.2, 0.25) is 0 Å². The van der Waals surface area contributed by atoms with Crippen molar-refractivity contribution >= 4 is 43.7 Å². The molecule has 0 spiro atoms. The highest BCUT2D eigenvalue weighted by atomic mass is 15.2. The molecule has 0 saturated heterocycles. The van der Waals surface area contributed by atoms with Crippen molar-refractivity contribution in [3.8, 4) is 33.4 Å². The molecule has 0 N–H and O–H groups in total. The number of fused-ring (bicyclic) bond motifs is 7. The zero-order valence-electron chi connectivity index (χ0n) is 30.6. The highest BCUT2D eigenvalue weighted by Gasteiger charge is 2.36. The van der Waals surface area contributed by atoms with Crippen LogP contribution in [0, 0.1) is 0 Å². The second kappa shape index (κ2) is 11.8. The van der Waals surface area contributed by atoms with Gasteiger partial charge in [-0.1, -0.05) is 159 Å². The summed E-state index contributed by atoms with van der Waals surface area (Å²) < 4.78 is 0. The Morgan fingerprint density at radius 1 is 0.463 bits per heavy atom. The summed E-state index contributed by atoms with van der Waals surface area (Å²) in [5, 5.41) is 7.71. The fourth-order valence-corrected chi connectivity index (χ4v) is 9.77. The molecular formula is C53H39N. The predicted octanol–water partition coefficient (Wildman–Crippen LogP) is 14.2. The summed E-state index contributed by atoms with van der Waals surface area (Å²) in [5.41, 5.74) is 15.8. The number of hydrogen-bond acceptors (Lipinski definition) is 1. The summed E-state index contributed by atoms with van der Waals surface area (Å²) in [6.07, 6.45) is 0.984. The van der Waals surface area contributed by atoms with Crippen molar-refractivity contribution in [3.63, 3.8) is 0 Å². The summed E-state index contributed by atoms with van der Waals surface area (Å²) in [5.74, 6) is 0. The lowest BCUT2D eigenvalue weighted by atomic mass is 9.79. The van der Waals surface area contributed by atoms with Crippen LogP contribution in [0.3, 0.4) is 0 Å². The highest BCUT2D eigenvalue weighted by molar-refractivity contribution is 6.22. The molecule has 0 fully saturated rings. The molecule has 0 saturated carbocycles. The van der Waals surface area contributed by atoms with E-state index < -0.39 is 0 Å². The van der Waals surface area contributed by atoms with Gasteiger partial charge >= 0.3 is 0 Å². The Balaban J connectivity index is 1.15. The van der Waals surface area contributed by atoms with Crippen molar-refractivity contribution in [1.29, 1.82) is 0 Å². The third-order valence-electron chi connectivity index (χ3n) is 12.4. The molecule has 2 aliphatic rings. The number of benzene rings is 9. The molecule has 256 valence electrons. The molecule has 0 aromatic heterocycles. The van der Waals surface area contributed by atoms with Crippen LogP contribution < -0.4 is 4.90 Å². The van der Waals surface area contributed by atoms with Gasteiger partial charge in [-0.05, 0) is 131 Å². The van der Waals surface area contributed by atoms with Crippen LogP contribution in [-0.4, -0.2) is 0 Å². The normalized spacial score (nSPS) is 15.4. The van der Waals surface area contributed by atoms with E-state index in [2.05, 4.69) is 201 Å². The standard InChI is InChI=1S/C53H39N/c1-53(2)47-22-12-11-19-41(47)44-32-45-46(33-48(44)53)52(39-29-24-34-14-6-7-15-37(34)30-39)43-21-10-9-20-42(43)51(45)36-27-25-35(26-28-36)50-31-38-16-8-13-23-49(38)54(50)40-17-4-3-5-18-40/h3-30,32-33,50H,31H2,1-2H3. The number of rotatable bonds is 4. The third kappa shape index (κ3) is 4.58. The average molecular weight is 690 g/mol. The summed E-state index contributed by atoms with van der Waals surface area (Å²) in [6.45, 7) is 4.78. The zero-order chi connectivity index (χ0) is 36.0. The van der Waals surface area contributed by atoms with Crippen LogP contribution in [0.4, 0.5) is 11.4 Å². The first-order valence-electron chi connectivity index (χ1n) is 19.2. The van der Waals surface area contributed by atoms with E-state index in [9.17, 15) is 0 Å². The van der Waals surface area contributed by atoms with Crippen molar-refractivity contribution in [3.05, 3.63) is 204 Å². The molecule has 54 heavy (non-hydrogen) atoms. The van der Waals surface area contributed by atoms with Gasteiger partial charge in [0, 0.05) is 16.8 Å². The monoisotopic (exact) mass is 689 g/mol. The van der Waals surface area contributed by atoms with Crippen LogP contribution in [0.5, 0.6) is 0 Å². The second-order valence-corrected chi connectivity index (χ2v) is 15.6. The molecule has 9 aromatic carbocycles. The Bertz CT molecular complexity index is 2930. The molecule has 1 heterocycles. The minimum absolute atomic E-state index is 0.0995. The molecule has 1 atom stereocenters. The number of hydrogen-bond donors (Lipinski definition) is 0. The van der Waals surface area contributed by atoms with Crippen molar-refractivity contribution in [2.75, 3.05) is 4.90 Å². The van der Waals surface area contributed by atoms with Gasteiger partial charge in [-0.15, -0.1) is 0 Å². The summed E-state index contributed by atoms with van der Waals surface area (Å²) in [4.78, 5) is 2.52. The Kier molecular flexibility index (Phi) is 6.79. The van der Waals surface area contributed by atoms with Crippen molar-refractivity contribution in [2.45, 2.75) is 31.7 Å². The van der Waals surface area contributed by atoms with Gasteiger partial charge in [0.1, 0.15) is 0 Å². The molecule has 0 bridgehead atoms. The van der Waals surface area contributed by atoms with Crippen LogP contribution in [-0.2, 0) is 11.8 Å². The molecule has 1 unspecified atom stereocenters. The minimum Gasteiger partial charge on any atom is -0.333 e. The van der Waals surface area contributed by atoms with Gasteiger partial charge in [0.25, 0.3) is 0 Å². The maximum absolute atomic E-state index is 2.53. The number of nitrogens with zero attached hydrogens (tertiary/aromatic N) is 1. The topological polar surface area (TPSA) is 3.24 Å². The van der Waals surface area contributed by atoms with Gasteiger partial charge in [0.2, 0.25) is 0 Å². The van der Waals surface area contributed by atoms with E-state index in [1.165, 1.54) is 99.3 Å². The lowest BCUT2D eigenvalue weighted by molar-refractivity contribution is 0.661. The summed E-state index contributed by atoms with van der Waals surface area (Å²) in [6, 6.07) is 68.3. The van der Waals surface area contributed by atoms with Gasteiger partial charge in [-0.25, -0.2) is 0 Å². The van der Waals surface area contributed by atoms with Gasteiger partial charge in [0.05, 0.1) is 6.04 Å². The smallest absolute Gasteiger partial charge is 0.0632 e. The first-order valence-corrected chi connectivity index (χ1v) is 19.2. The lowest BCUT2D eigenvalue weighted by Gasteiger charge is -2.28. The van der Waals surface area contributed by atoms with Gasteiger partial charge in [-0.3, -0.25) is 0 Å². The average Bonchev–Trinajstić information content (AvgIpc) is 3.72. The molecule has 1 aliphatic heterocycles. The summed E-state index contributed by atoms with van der Waals surface area (Å²) in [7, 11) is 0. The van der Waals surface area contributed by atoms with E-state index in [4.69, 9.17) is 0 Å². The molecule has 0 amide bonds. The predicted molar refractivity (Wildman–Crippen MR) is 229 cm³/mol. The summed E-state index contributed by atoms with van der Waals surface area (Å²) >= 11 is 0. The van der Waals surface area contributed by atoms with Crippen molar-refractivity contribution in [1.82, 2.24) is 0 Å². The Morgan fingerprint density at radius 3 is 1.91 bits per heavy atom. The molecule has 1 heteroatoms. The van der Waals surface area contributed by atoms with E-state index in [1.54, 1.807) is 0 Å². The Labute approximate surface area is 316 Å². The molecule has 0 radical (unpaired) electrons. The molecule has 11 rings (SSSR count). The molecule has 9 aromatic rings. The number of para-hydroxylation sites is 2. The SMILES string of the molecule is CC1(C)c2ccccc2-c2cc3c(-c4ccc(C5Cc6ccccc6N5c5ccccc5)cc4)c4ccccc4c(-c4ccc5ccccc5c4)c3cc21. The van der Waals surface area contributed by atoms with Gasteiger partial charge in [0.15, 0.2) is 0 Å². The second-order valence-electron chi connectivity index (χ2n) is 15.6. The molecule has 1 aliphatic carbocycles. The quantitative estimate of drug-likeness (QED) is 0.166. The maximum Gasteiger partial charge on any atom is 0.0632 e.